The van der Waals surface area contributed by atoms with Crippen molar-refractivity contribution in [3.63, 3.8) is 0 Å². The third-order valence-corrected chi connectivity index (χ3v) is 6.48. The number of rotatable bonds is 9. The molecule has 10 nitrogen and oxygen atoms in total. The van der Waals surface area contributed by atoms with E-state index in [-0.39, 0.29) is 37.1 Å². The Hall–Kier alpha value is -3.63. The summed E-state index contributed by atoms with van der Waals surface area (Å²) in [5.74, 6) is -1.15. The van der Waals surface area contributed by atoms with Crippen LogP contribution in [0.1, 0.15) is 41.3 Å². The number of aliphatic hydroxyl groups excluding tert-OH is 2. The number of hydrogen-bond donors (Lipinski definition) is 3. The second-order valence-corrected chi connectivity index (χ2v) is 9.15. The van der Waals surface area contributed by atoms with Crippen LogP contribution in [0.15, 0.2) is 46.8 Å². The molecule has 2 aromatic rings. The first-order chi connectivity index (χ1) is 17.3. The topological polar surface area (TPSA) is 139 Å². The van der Waals surface area contributed by atoms with Crippen LogP contribution < -0.4 is 14.8 Å². The number of nitrogens with one attached hydrogen (secondary N) is 1. The van der Waals surface area contributed by atoms with E-state index >= 15 is 0 Å². The van der Waals surface area contributed by atoms with Crippen LogP contribution in [-0.2, 0) is 16.1 Å². The SMILES string of the molecule is COc1cc(C=O)cc2c1OC1C2C(C(=O)NCCO)=CC(N(Cc2ccoc2)C(=O)C(C)C)C1O. The Balaban J connectivity index is 1.83. The van der Waals surface area contributed by atoms with Gasteiger partial charge in [0.2, 0.25) is 11.8 Å². The molecule has 2 heterocycles. The van der Waals surface area contributed by atoms with Crippen molar-refractivity contribution in [3.8, 4) is 11.5 Å². The number of ether oxygens (including phenoxy) is 2. The van der Waals surface area contributed by atoms with E-state index < -0.39 is 30.1 Å². The Morgan fingerprint density at radius 2 is 2.08 bits per heavy atom. The van der Waals surface area contributed by atoms with Crippen molar-refractivity contribution < 1.29 is 38.5 Å². The Morgan fingerprint density at radius 1 is 1.31 bits per heavy atom. The summed E-state index contributed by atoms with van der Waals surface area (Å²) in [4.78, 5) is 39.6. The molecule has 0 spiro atoms. The van der Waals surface area contributed by atoms with Crippen LogP contribution in [0.2, 0.25) is 0 Å². The summed E-state index contributed by atoms with van der Waals surface area (Å²) in [6.45, 7) is 3.44. The van der Waals surface area contributed by atoms with Gasteiger partial charge in [0, 0.05) is 41.3 Å². The van der Waals surface area contributed by atoms with Gasteiger partial charge in [-0.1, -0.05) is 13.8 Å². The van der Waals surface area contributed by atoms with Gasteiger partial charge in [0.1, 0.15) is 18.5 Å². The van der Waals surface area contributed by atoms with Crippen molar-refractivity contribution in [2.24, 2.45) is 5.92 Å². The highest BCUT2D eigenvalue weighted by Crippen LogP contribution is 2.51. The van der Waals surface area contributed by atoms with Crippen LogP contribution in [0, 0.1) is 5.92 Å². The molecule has 0 saturated carbocycles. The predicted molar refractivity (Wildman–Crippen MR) is 128 cm³/mol. The fraction of sp³-hybridized carbons (Fsp3) is 0.423. The molecule has 0 bridgehead atoms. The Bertz CT molecular complexity index is 1160. The molecular weight excluding hydrogens is 468 g/mol. The minimum Gasteiger partial charge on any atom is -0.493 e. The lowest BCUT2D eigenvalue weighted by atomic mass is 9.77. The number of benzene rings is 1. The van der Waals surface area contributed by atoms with Gasteiger partial charge in [-0.15, -0.1) is 0 Å². The van der Waals surface area contributed by atoms with Crippen LogP contribution in [0.25, 0.3) is 0 Å². The Morgan fingerprint density at radius 3 is 2.69 bits per heavy atom. The van der Waals surface area contributed by atoms with Gasteiger partial charge in [-0.3, -0.25) is 14.4 Å². The fourth-order valence-electron chi connectivity index (χ4n) is 4.80. The molecule has 10 heteroatoms. The summed E-state index contributed by atoms with van der Waals surface area (Å²) in [6.07, 6.45) is 3.14. The van der Waals surface area contributed by atoms with E-state index in [0.29, 0.717) is 28.9 Å². The lowest BCUT2D eigenvalue weighted by molar-refractivity contribution is -0.141. The van der Waals surface area contributed by atoms with Crippen LogP contribution in [0.4, 0.5) is 0 Å². The minimum absolute atomic E-state index is 0.0237. The van der Waals surface area contributed by atoms with Gasteiger partial charge in [0.25, 0.3) is 0 Å². The van der Waals surface area contributed by atoms with E-state index in [9.17, 15) is 24.6 Å². The van der Waals surface area contributed by atoms with Gasteiger partial charge < -0.3 is 34.3 Å². The summed E-state index contributed by atoms with van der Waals surface area (Å²) in [7, 11) is 1.44. The molecule has 4 atom stereocenters. The van der Waals surface area contributed by atoms with Gasteiger partial charge in [-0.25, -0.2) is 0 Å². The van der Waals surface area contributed by atoms with E-state index in [1.807, 2.05) is 0 Å². The van der Waals surface area contributed by atoms with Crippen LogP contribution in [0.5, 0.6) is 11.5 Å². The van der Waals surface area contributed by atoms with Gasteiger partial charge in [0.15, 0.2) is 11.5 Å². The molecule has 0 saturated heterocycles. The molecule has 1 aromatic carbocycles. The second kappa shape index (κ2) is 10.5. The smallest absolute Gasteiger partial charge is 0.247 e. The number of nitrogens with zero attached hydrogens (tertiary/aromatic N) is 1. The number of amides is 2. The number of methoxy groups -OCH3 is 1. The highest BCUT2D eigenvalue weighted by atomic mass is 16.5. The number of fused-ring (bicyclic) bond motifs is 3. The van der Waals surface area contributed by atoms with Crippen molar-refractivity contribution in [2.45, 2.75) is 44.6 Å². The van der Waals surface area contributed by atoms with E-state index in [2.05, 4.69) is 5.32 Å². The molecule has 4 rings (SSSR count). The molecule has 2 amide bonds. The lowest BCUT2D eigenvalue weighted by Crippen LogP contribution is -2.56. The maximum atomic E-state index is 13.3. The summed E-state index contributed by atoms with van der Waals surface area (Å²) >= 11 is 0. The highest BCUT2D eigenvalue weighted by molar-refractivity contribution is 5.96. The maximum absolute atomic E-state index is 13.3. The van der Waals surface area contributed by atoms with E-state index in [0.717, 1.165) is 5.56 Å². The fourth-order valence-corrected chi connectivity index (χ4v) is 4.80. The molecule has 3 N–H and O–H groups in total. The molecule has 2 aliphatic rings. The molecule has 1 aromatic heterocycles. The van der Waals surface area contributed by atoms with Crippen LogP contribution >= 0.6 is 0 Å². The average molecular weight is 499 g/mol. The van der Waals surface area contributed by atoms with Gasteiger partial charge >= 0.3 is 0 Å². The normalized spacial score (nSPS) is 22.2. The standard InChI is InChI=1S/C26H30N2O8/c1-14(2)26(33)28(11-15-4-7-35-13-15)19-10-18(25(32)27-5-6-29)21-17-8-16(12-30)9-20(34-3)23(17)36-24(21)22(19)31/h4,7-10,12-14,19,21-22,24,29,31H,5-6,11H2,1-3H3,(H,27,32). The molecule has 36 heavy (non-hydrogen) atoms. The van der Waals surface area contributed by atoms with E-state index in [4.69, 9.17) is 13.9 Å². The number of aldehydes is 1. The first kappa shape index (κ1) is 25.5. The number of carbonyl (C=O) groups is 3. The molecular formula is C26H30N2O8. The largest absolute Gasteiger partial charge is 0.493 e. The average Bonchev–Trinajstić information content (AvgIpc) is 3.53. The van der Waals surface area contributed by atoms with Crippen molar-refractivity contribution in [2.75, 3.05) is 20.3 Å². The zero-order valence-corrected chi connectivity index (χ0v) is 20.3. The quantitative estimate of drug-likeness (QED) is 0.441. The van der Waals surface area contributed by atoms with Gasteiger partial charge in [-0.2, -0.15) is 0 Å². The molecule has 192 valence electrons. The first-order valence-electron chi connectivity index (χ1n) is 11.7. The Labute approximate surface area is 208 Å². The van der Waals surface area contributed by atoms with Crippen molar-refractivity contribution in [3.05, 3.63) is 59.1 Å². The summed E-state index contributed by atoms with van der Waals surface area (Å²) in [6, 6.07) is 3.97. The molecule has 0 radical (unpaired) electrons. The first-order valence-corrected chi connectivity index (χ1v) is 11.7. The number of carbonyl (C=O) groups excluding carboxylic acids is 3. The summed E-state index contributed by atoms with van der Waals surface area (Å²) in [5.41, 5.74) is 1.85. The lowest BCUT2D eigenvalue weighted by Gasteiger charge is -2.41. The summed E-state index contributed by atoms with van der Waals surface area (Å²) in [5, 5.41) is 23.4. The van der Waals surface area contributed by atoms with Crippen molar-refractivity contribution in [1.29, 1.82) is 0 Å². The van der Waals surface area contributed by atoms with Crippen molar-refractivity contribution in [1.82, 2.24) is 10.2 Å². The van der Waals surface area contributed by atoms with Gasteiger partial charge in [-0.05, 0) is 24.3 Å². The Kier molecular flexibility index (Phi) is 7.46. The number of aliphatic hydroxyl groups is 2. The minimum atomic E-state index is -1.20. The van der Waals surface area contributed by atoms with E-state index in [1.54, 1.807) is 32.1 Å². The van der Waals surface area contributed by atoms with Crippen LogP contribution in [-0.4, -0.2) is 71.7 Å². The number of hydrogen-bond acceptors (Lipinski definition) is 8. The third kappa shape index (κ3) is 4.61. The molecule has 1 aliphatic carbocycles. The molecule has 1 aliphatic heterocycles. The second-order valence-electron chi connectivity index (χ2n) is 9.15. The van der Waals surface area contributed by atoms with Crippen LogP contribution in [0.3, 0.4) is 0 Å². The highest BCUT2D eigenvalue weighted by Gasteiger charge is 2.51. The van der Waals surface area contributed by atoms with Gasteiger partial charge in [0.05, 0.1) is 38.2 Å². The van der Waals surface area contributed by atoms with E-state index in [1.165, 1.54) is 30.6 Å². The maximum Gasteiger partial charge on any atom is 0.247 e. The monoisotopic (exact) mass is 498 g/mol. The number of furan rings is 1. The zero-order valence-electron chi connectivity index (χ0n) is 20.3. The third-order valence-electron chi connectivity index (χ3n) is 6.48. The molecule has 0 fully saturated rings. The summed E-state index contributed by atoms with van der Waals surface area (Å²) < 4.78 is 16.8. The zero-order chi connectivity index (χ0) is 26.0. The van der Waals surface area contributed by atoms with Crippen molar-refractivity contribution >= 4 is 18.1 Å². The predicted octanol–water partition coefficient (Wildman–Crippen LogP) is 1.41. The molecule has 4 unspecified atom stereocenters.